The largest absolute Gasteiger partial charge is 0.465 e. The van der Waals surface area contributed by atoms with E-state index < -0.39 is 17.5 Å². The molecule has 1 aromatic carbocycles. The molecular formula is C26H37ClN4O5. The first-order chi connectivity index (χ1) is 16.6. The van der Waals surface area contributed by atoms with Gasteiger partial charge in [0.05, 0.1) is 12.7 Å². The Hall–Kier alpha value is -3.43. The highest BCUT2D eigenvalue weighted by Crippen LogP contribution is 2.15. The minimum absolute atomic E-state index is 0. The zero-order chi connectivity index (χ0) is 26.6. The van der Waals surface area contributed by atoms with E-state index in [1.165, 1.54) is 13.3 Å². The van der Waals surface area contributed by atoms with E-state index >= 15 is 0 Å². The molecule has 0 saturated carbocycles. The molecule has 0 aliphatic carbocycles. The Kier molecular flexibility index (Phi) is 14.1. The second-order valence-electron chi connectivity index (χ2n) is 8.05. The molecule has 0 fully saturated rings. The van der Waals surface area contributed by atoms with Crippen LogP contribution in [-0.2, 0) is 16.0 Å². The normalized spacial score (nSPS) is 10.0. The molecule has 10 heteroatoms. The predicted octanol–water partition coefficient (Wildman–Crippen LogP) is 4.42. The fraction of sp³-hybridized carbons (Fsp3) is 0.385. The fourth-order valence-corrected chi connectivity index (χ4v) is 2.77. The van der Waals surface area contributed by atoms with E-state index in [0.29, 0.717) is 16.9 Å². The smallest absolute Gasteiger partial charge is 0.359 e. The van der Waals surface area contributed by atoms with E-state index in [-0.39, 0.29) is 30.6 Å². The molecule has 198 valence electrons. The van der Waals surface area contributed by atoms with E-state index in [1.807, 2.05) is 20.8 Å². The summed E-state index contributed by atoms with van der Waals surface area (Å²) in [5, 5.41) is 2.83. The average Bonchev–Trinajstić information content (AvgIpc) is 3.28. The number of esters is 2. The molecule has 3 rings (SSSR count). The number of ether oxygens (including phenoxy) is 2. The van der Waals surface area contributed by atoms with Gasteiger partial charge in [0.15, 0.2) is 5.69 Å². The Bertz CT molecular complexity index is 1120. The molecule has 1 amide bonds. The minimum atomic E-state index is -0.642. The molecule has 0 saturated heterocycles. The van der Waals surface area contributed by atoms with Gasteiger partial charge in [0, 0.05) is 12.7 Å². The lowest BCUT2D eigenvalue weighted by molar-refractivity contribution is 0.00632. The molecule has 3 aromatic rings. The maximum atomic E-state index is 12.7. The quantitative estimate of drug-likeness (QED) is 0.477. The number of carbonyl (C=O) groups excluding carboxylic acids is 3. The summed E-state index contributed by atoms with van der Waals surface area (Å²) < 4.78 is 11.6. The molecule has 0 spiro atoms. The van der Waals surface area contributed by atoms with Crippen molar-refractivity contribution >= 4 is 35.9 Å². The molecule has 0 aliphatic rings. The fourth-order valence-electron chi connectivity index (χ4n) is 2.77. The summed E-state index contributed by atoms with van der Waals surface area (Å²) >= 11 is 0. The van der Waals surface area contributed by atoms with Gasteiger partial charge in [0.1, 0.15) is 16.9 Å². The van der Waals surface area contributed by atoms with Crippen LogP contribution in [-0.4, -0.2) is 46.5 Å². The third-order valence-corrected chi connectivity index (χ3v) is 4.16. The topological polar surface area (TPSA) is 125 Å². The molecule has 0 atom stereocenters. The Labute approximate surface area is 218 Å². The summed E-state index contributed by atoms with van der Waals surface area (Å²) in [6, 6.07) is 11.8. The van der Waals surface area contributed by atoms with E-state index in [0.717, 1.165) is 12.1 Å². The van der Waals surface area contributed by atoms with Crippen molar-refractivity contribution in [2.45, 2.75) is 53.7 Å². The van der Waals surface area contributed by atoms with Gasteiger partial charge in [-0.2, -0.15) is 0 Å². The van der Waals surface area contributed by atoms with Crippen molar-refractivity contribution in [1.82, 2.24) is 14.7 Å². The molecule has 36 heavy (non-hydrogen) atoms. The number of imidazole rings is 1. The number of rotatable bonds is 5. The lowest BCUT2D eigenvalue weighted by Crippen LogP contribution is -2.25. The van der Waals surface area contributed by atoms with E-state index in [2.05, 4.69) is 15.0 Å². The lowest BCUT2D eigenvalue weighted by Gasteiger charge is -2.18. The SMILES string of the molecule is CC.CCN.COC(=O)c1ccc(CNC(=O)c2cccc3nc(C(=O)OC(C)(C)C)cn23)cc1.Cl. The summed E-state index contributed by atoms with van der Waals surface area (Å²) in [4.78, 5) is 40.7. The monoisotopic (exact) mass is 520 g/mol. The van der Waals surface area contributed by atoms with E-state index in [4.69, 9.17) is 10.5 Å². The van der Waals surface area contributed by atoms with Gasteiger partial charge in [-0.3, -0.25) is 9.20 Å². The highest BCUT2D eigenvalue weighted by Gasteiger charge is 2.21. The zero-order valence-corrected chi connectivity index (χ0v) is 22.8. The Morgan fingerprint density at radius 1 is 1.03 bits per heavy atom. The zero-order valence-electron chi connectivity index (χ0n) is 22.0. The van der Waals surface area contributed by atoms with Gasteiger partial charge in [-0.15, -0.1) is 12.4 Å². The number of methoxy groups -OCH3 is 1. The number of nitrogens with two attached hydrogens (primary N) is 1. The molecule has 2 aromatic heterocycles. The van der Waals surface area contributed by atoms with Crippen molar-refractivity contribution in [3.63, 3.8) is 0 Å². The highest BCUT2D eigenvalue weighted by atomic mass is 35.5. The number of hydrogen-bond donors (Lipinski definition) is 2. The van der Waals surface area contributed by atoms with E-state index in [1.54, 1.807) is 67.6 Å². The van der Waals surface area contributed by atoms with Crippen LogP contribution in [0, 0.1) is 0 Å². The lowest BCUT2D eigenvalue weighted by atomic mass is 10.1. The Balaban J connectivity index is 0.00000190. The molecule has 2 heterocycles. The van der Waals surface area contributed by atoms with Crippen molar-refractivity contribution in [2.75, 3.05) is 13.7 Å². The Morgan fingerprint density at radius 2 is 1.61 bits per heavy atom. The number of aromatic nitrogens is 2. The number of nitrogens with zero attached hydrogens (tertiary/aromatic N) is 2. The minimum Gasteiger partial charge on any atom is -0.465 e. The molecule has 3 N–H and O–H groups in total. The highest BCUT2D eigenvalue weighted by molar-refractivity contribution is 5.94. The molecule has 0 unspecified atom stereocenters. The van der Waals surface area contributed by atoms with Crippen LogP contribution in [0.4, 0.5) is 0 Å². The van der Waals surface area contributed by atoms with Crippen molar-refractivity contribution in [3.05, 3.63) is 71.2 Å². The van der Waals surface area contributed by atoms with Gasteiger partial charge >= 0.3 is 11.9 Å². The summed E-state index contributed by atoms with van der Waals surface area (Å²) in [5.74, 6) is -1.30. The number of amides is 1. The summed E-state index contributed by atoms with van der Waals surface area (Å²) in [6.07, 6.45) is 1.49. The van der Waals surface area contributed by atoms with Gasteiger partial charge in [0.25, 0.3) is 5.91 Å². The first-order valence-electron chi connectivity index (χ1n) is 11.5. The van der Waals surface area contributed by atoms with Gasteiger partial charge in [-0.1, -0.05) is 39.0 Å². The van der Waals surface area contributed by atoms with Crippen LogP contribution in [0.15, 0.2) is 48.7 Å². The second kappa shape index (κ2) is 15.5. The van der Waals surface area contributed by atoms with Crippen LogP contribution in [0.3, 0.4) is 0 Å². The van der Waals surface area contributed by atoms with Gasteiger partial charge in [-0.05, 0) is 57.1 Å². The van der Waals surface area contributed by atoms with Crippen LogP contribution < -0.4 is 11.1 Å². The molecule has 0 aliphatic heterocycles. The number of halogens is 1. The van der Waals surface area contributed by atoms with Crippen molar-refractivity contribution in [1.29, 1.82) is 0 Å². The van der Waals surface area contributed by atoms with Gasteiger partial charge in [0.2, 0.25) is 0 Å². The van der Waals surface area contributed by atoms with Gasteiger partial charge < -0.3 is 20.5 Å². The molecular weight excluding hydrogens is 484 g/mol. The second-order valence-corrected chi connectivity index (χ2v) is 8.05. The van der Waals surface area contributed by atoms with Crippen LogP contribution in [0.1, 0.15) is 78.4 Å². The first-order valence-corrected chi connectivity index (χ1v) is 11.5. The number of fused-ring (bicyclic) bond motifs is 1. The van der Waals surface area contributed by atoms with Crippen LogP contribution in [0.5, 0.6) is 0 Å². The third kappa shape index (κ3) is 9.67. The third-order valence-electron chi connectivity index (χ3n) is 4.16. The summed E-state index contributed by atoms with van der Waals surface area (Å²) in [5.41, 5.74) is 6.39. The van der Waals surface area contributed by atoms with Gasteiger partial charge in [-0.25, -0.2) is 14.6 Å². The molecule has 0 radical (unpaired) electrons. The maximum absolute atomic E-state index is 12.7. The average molecular weight is 521 g/mol. The number of carbonyl (C=O) groups is 3. The molecule has 0 bridgehead atoms. The molecule has 9 nitrogen and oxygen atoms in total. The number of nitrogens with one attached hydrogen (secondary N) is 1. The van der Waals surface area contributed by atoms with Crippen molar-refractivity contribution < 1.29 is 23.9 Å². The summed E-state index contributed by atoms with van der Waals surface area (Å²) in [6.45, 7) is 12.2. The van der Waals surface area contributed by atoms with Crippen molar-refractivity contribution in [2.24, 2.45) is 5.73 Å². The predicted molar refractivity (Wildman–Crippen MR) is 143 cm³/mol. The first kappa shape index (κ1) is 32.6. The van der Waals surface area contributed by atoms with Crippen LogP contribution >= 0.6 is 12.4 Å². The number of benzene rings is 1. The maximum Gasteiger partial charge on any atom is 0.359 e. The summed E-state index contributed by atoms with van der Waals surface area (Å²) in [7, 11) is 1.32. The Morgan fingerprint density at radius 3 is 2.14 bits per heavy atom. The number of pyridine rings is 1. The van der Waals surface area contributed by atoms with Crippen LogP contribution in [0.2, 0.25) is 0 Å². The van der Waals surface area contributed by atoms with E-state index in [9.17, 15) is 14.4 Å². The standard InChI is InChI=1S/C22H23N3O5.C2H7N.C2H6.ClH/c1-22(2,3)30-21(28)16-13-25-17(6-5-7-18(25)24-16)19(26)23-12-14-8-10-15(11-9-14)20(27)29-4;1-2-3;1-2;/h5-11,13H,12H2,1-4H3,(H,23,26);2-3H2,1H3;1-2H3;1H. The van der Waals surface area contributed by atoms with Crippen molar-refractivity contribution in [3.8, 4) is 0 Å². The van der Waals surface area contributed by atoms with Crippen LogP contribution in [0.25, 0.3) is 5.65 Å². The number of hydrogen-bond acceptors (Lipinski definition) is 7.